The number of carboxylic acids is 1. The molecular weight excluding hydrogens is 262 g/mol. The number of nitrogens with zero attached hydrogens (tertiary/aromatic N) is 1. The van der Waals surface area contributed by atoms with Gasteiger partial charge >= 0.3 is 12.0 Å². The van der Waals surface area contributed by atoms with Crippen LogP contribution in [0.4, 0.5) is 4.79 Å². The highest BCUT2D eigenvalue weighted by molar-refractivity contribution is 5.87. The Morgan fingerprint density at radius 2 is 2.35 bits per heavy atom. The molecule has 0 aliphatic carbocycles. The Morgan fingerprint density at radius 1 is 1.55 bits per heavy atom. The topological polar surface area (TPSA) is 101 Å². The minimum Gasteiger partial charge on any atom is -0.478 e. The van der Waals surface area contributed by atoms with Gasteiger partial charge in [0.1, 0.15) is 0 Å². The lowest BCUT2D eigenvalue weighted by Crippen LogP contribution is -2.44. The molecule has 1 saturated heterocycles. The number of aromatic nitrogens is 1. The molecule has 1 aromatic rings. The van der Waals surface area contributed by atoms with Gasteiger partial charge in [0.15, 0.2) is 0 Å². The smallest absolute Gasteiger partial charge is 0.335 e. The van der Waals surface area contributed by atoms with Gasteiger partial charge in [0.25, 0.3) is 0 Å². The number of amides is 2. The van der Waals surface area contributed by atoms with Crippen molar-refractivity contribution in [3.63, 3.8) is 0 Å². The van der Waals surface area contributed by atoms with Gasteiger partial charge in [-0.05, 0) is 25.5 Å². The summed E-state index contributed by atoms with van der Waals surface area (Å²) in [7, 11) is 0. The van der Waals surface area contributed by atoms with Crippen molar-refractivity contribution in [3.05, 3.63) is 29.6 Å². The van der Waals surface area contributed by atoms with Crippen molar-refractivity contribution in [1.29, 1.82) is 0 Å². The molecule has 2 rings (SSSR count). The Labute approximate surface area is 116 Å². The van der Waals surface area contributed by atoms with Crippen LogP contribution in [-0.4, -0.2) is 40.8 Å². The van der Waals surface area contributed by atoms with Gasteiger partial charge in [0.05, 0.1) is 29.9 Å². The van der Waals surface area contributed by atoms with Crippen LogP contribution in [0.25, 0.3) is 0 Å². The lowest BCUT2D eigenvalue weighted by atomic mass is 10.2. The number of aromatic carboxylic acids is 1. The first-order valence-electron chi connectivity index (χ1n) is 6.40. The number of rotatable bonds is 4. The summed E-state index contributed by atoms with van der Waals surface area (Å²) in [6.45, 7) is 2.74. The minimum atomic E-state index is -1.02. The highest BCUT2D eigenvalue weighted by Gasteiger charge is 2.25. The molecule has 0 radical (unpaired) electrons. The zero-order valence-electron chi connectivity index (χ0n) is 11.1. The van der Waals surface area contributed by atoms with Crippen molar-refractivity contribution in [1.82, 2.24) is 15.6 Å². The summed E-state index contributed by atoms with van der Waals surface area (Å²) < 4.78 is 5.35. The normalized spacial score (nSPS) is 21.4. The predicted molar refractivity (Wildman–Crippen MR) is 70.4 cm³/mol. The van der Waals surface area contributed by atoms with E-state index in [1.165, 1.54) is 18.3 Å². The lowest BCUT2D eigenvalue weighted by molar-refractivity contribution is 0.0696. The standard InChI is InChI=1S/C13H17N3O4/c1-8-11(3-5-20-8)16-13(19)15-7-10-6-9(12(17)18)2-4-14-10/h2,4,6,8,11H,3,5,7H2,1H3,(H,17,18)(H2,15,16,19). The maximum Gasteiger partial charge on any atom is 0.335 e. The Kier molecular flexibility index (Phi) is 4.52. The summed E-state index contributed by atoms with van der Waals surface area (Å²) >= 11 is 0. The maximum atomic E-state index is 11.7. The van der Waals surface area contributed by atoms with Crippen LogP contribution in [0.5, 0.6) is 0 Å². The number of carboxylic acid groups (broad SMARTS) is 1. The van der Waals surface area contributed by atoms with E-state index in [1.54, 1.807) is 0 Å². The molecule has 0 bridgehead atoms. The van der Waals surface area contributed by atoms with Crippen LogP contribution in [0.3, 0.4) is 0 Å². The molecule has 3 N–H and O–H groups in total. The molecule has 7 heteroatoms. The van der Waals surface area contributed by atoms with Gasteiger partial charge in [-0.1, -0.05) is 0 Å². The zero-order valence-corrected chi connectivity index (χ0v) is 11.1. The van der Waals surface area contributed by atoms with E-state index in [-0.39, 0.29) is 30.3 Å². The zero-order chi connectivity index (χ0) is 14.5. The number of nitrogens with one attached hydrogen (secondary N) is 2. The van der Waals surface area contributed by atoms with Crippen molar-refractivity contribution >= 4 is 12.0 Å². The van der Waals surface area contributed by atoms with Gasteiger partial charge in [-0.25, -0.2) is 9.59 Å². The molecule has 0 aromatic carbocycles. The second-order valence-electron chi connectivity index (χ2n) is 4.64. The highest BCUT2D eigenvalue weighted by atomic mass is 16.5. The third-order valence-corrected chi connectivity index (χ3v) is 3.19. The molecule has 2 heterocycles. The number of pyridine rings is 1. The maximum absolute atomic E-state index is 11.7. The number of hydrogen-bond donors (Lipinski definition) is 3. The summed E-state index contributed by atoms with van der Waals surface area (Å²) in [5.41, 5.74) is 0.644. The highest BCUT2D eigenvalue weighted by Crippen LogP contribution is 2.12. The Balaban J connectivity index is 1.84. The molecule has 1 aliphatic rings. The summed E-state index contributed by atoms with van der Waals surface area (Å²) in [6.07, 6.45) is 2.21. The summed E-state index contributed by atoms with van der Waals surface area (Å²) in [5, 5.41) is 14.3. The Morgan fingerprint density at radius 3 is 3.00 bits per heavy atom. The van der Waals surface area contributed by atoms with Gasteiger partial charge in [0.2, 0.25) is 0 Å². The fraction of sp³-hybridized carbons (Fsp3) is 0.462. The third-order valence-electron chi connectivity index (χ3n) is 3.19. The summed E-state index contributed by atoms with van der Waals surface area (Å²) in [6, 6.07) is 2.54. The van der Waals surface area contributed by atoms with E-state index >= 15 is 0 Å². The van der Waals surface area contributed by atoms with Crippen LogP contribution in [0.15, 0.2) is 18.3 Å². The quantitative estimate of drug-likeness (QED) is 0.755. The predicted octanol–water partition coefficient (Wildman–Crippen LogP) is 0.756. The largest absolute Gasteiger partial charge is 0.478 e. The number of carbonyl (C=O) groups excluding carboxylic acids is 1. The van der Waals surface area contributed by atoms with Crippen LogP contribution in [0, 0.1) is 0 Å². The third kappa shape index (κ3) is 3.67. The molecule has 2 atom stereocenters. The lowest BCUT2D eigenvalue weighted by Gasteiger charge is -2.16. The van der Waals surface area contributed by atoms with Crippen LogP contribution in [0.1, 0.15) is 29.4 Å². The number of ether oxygens (including phenoxy) is 1. The molecule has 0 saturated carbocycles. The second kappa shape index (κ2) is 6.33. The van der Waals surface area contributed by atoms with Crippen molar-refractivity contribution in [2.75, 3.05) is 6.61 Å². The molecule has 2 amide bonds. The molecule has 108 valence electrons. The van der Waals surface area contributed by atoms with Crippen LogP contribution < -0.4 is 10.6 Å². The van der Waals surface area contributed by atoms with Gasteiger partial charge in [-0.15, -0.1) is 0 Å². The SMILES string of the molecule is CC1OCCC1NC(=O)NCc1cc(C(=O)O)ccn1. The fourth-order valence-electron chi connectivity index (χ4n) is 2.02. The van der Waals surface area contributed by atoms with E-state index in [9.17, 15) is 9.59 Å². The minimum absolute atomic E-state index is 0.00770. The van der Waals surface area contributed by atoms with Crippen molar-refractivity contribution in [2.45, 2.75) is 32.0 Å². The second-order valence-corrected chi connectivity index (χ2v) is 4.64. The summed E-state index contributed by atoms with van der Waals surface area (Å²) in [4.78, 5) is 26.5. The Bertz CT molecular complexity index is 506. The number of carbonyl (C=O) groups is 2. The van der Waals surface area contributed by atoms with Gasteiger partial charge in [0, 0.05) is 12.8 Å². The van der Waals surface area contributed by atoms with E-state index < -0.39 is 5.97 Å². The number of urea groups is 1. The molecule has 2 unspecified atom stereocenters. The van der Waals surface area contributed by atoms with E-state index in [1.807, 2.05) is 6.92 Å². The average Bonchev–Trinajstić information content (AvgIpc) is 2.82. The Hall–Kier alpha value is -2.15. The molecule has 0 spiro atoms. The molecular formula is C13H17N3O4. The first-order chi connectivity index (χ1) is 9.56. The van der Waals surface area contributed by atoms with Crippen molar-refractivity contribution in [2.24, 2.45) is 0 Å². The van der Waals surface area contributed by atoms with E-state index in [4.69, 9.17) is 9.84 Å². The van der Waals surface area contributed by atoms with Gasteiger partial charge < -0.3 is 20.5 Å². The van der Waals surface area contributed by atoms with Crippen LogP contribution in [0.2, 0.25) is 0 Å². The van der Waals surface area contributed by atoms with E-state index in [2.05, 4.69) is 15.6 Å². The number of hydrogen-bond acceptors (Lipinski definition) is 4. The molecule has 7 nitrogen and oxygen atoms in total. The average molecular weight is 279 g/mol. The van der Waals surface area contributed by atoms with E-state index in [0.29, 0.717) is 12.3 Å². The first-order valence-corrected chi connectivity index (χ1v) is 6.40. The van der Waals surface area contributed by atoms with Crippen LogP contribution in [-0.2, 0) is 11.3 Å². The first kappa shape index (κ1) is 14.3. The molecule has 1 aliphatic heterocycles. The van der Waals surface area contributed by atoms with Crippen LogP contribution >= 0.6 is 0 Å². The van der Waals surface area contributed by atoms with Crippen molar-refractivity contribution < 1.29 is 19.4 Å². The van der Waals surface area contributed by atoms with Crippen molar-refractivity contribution in [3.8, 4) is 0 Å². The molecule has 20 heavy (non-hydrogen) atoms. The van der Waals surface area contributed by atoms with E-state index in [0.717, 1.165) is 6.42 Å². The molecule has 1 aromatic heterocycles. The summed E-state index contributed by atoms with van der Waals surface area (Å²) in [5.74, 6) is -1.02. The monoisotopic (exact) mass is 279 g/mol. The fourth-order valence-corrected chi connectivity index (χ4v) is 2.02. The molecule has 1 fully saturated rings. The van der Waals surface area contributed by atoms with Gasteiger partial charge in [-0.2, -0.15) is 0 Å². The van der Waals surface area contributed by atoms with Gasteiger partial charge in [-0.3, -0.25) is 4.98 Å².